The highest BCUT2D eigenvalue weighted by atomic mass is 32.2. The van der Waals surface area contributed by atoms with Crippen LogP contribution in [0, 0.1) is 0 Å². The Morgan fingerprint density at radius 1 is 1.24 bits per heavy atom. The van der Waals surface area contributed by atoms with E-state index in [-0.39, 0.29) is 12.3 Å². The first-order valence-corrected chi connectivity index (χ1v) is 11.3. The number of ether oxygens (including phenoxy) is 1. The molecule has 0 saturated carbocycles. The van der Waals surface area contributed by atoms with Gasteiger partial charge in [-0.05, 0) is 54.7 Å². The third kappa shape index (κ3) is 5.23. The van der Waals surface area contributed by atoms with Crippen LogP contribution in [-0.4, -0.2) is 36.0 Å². The zero-order valence-corrected chi connectivity index (χ0v) is 18.4. The van der Waals surface area contributed by atoms with E-state index in [9.17, 15) is 26.7 Å². The van der Waals surface area contributed by atoms with Crippen LogP contribution in [0.4, 0.5) is 18.9 Å². The van der Waals surface area contributed by atoms with Gasteiger partial charge in [-0.2, -0.15) is 5.10 Å². The van der Waals surface area contributed by atoms with Crippen LogP contribution >= 0.6 is 0 Å². The van der Waals surface area contributed by atoms with Crippen LogP contribution in [0.5, 0.6) is 5.75 Å². The monoisotopic (exact) mass is 494 g/mol. The Kier molecular flexibility index (Phi) is 6.62. The summed E-state index contributed by atoms with van der Waals surface area (Å²) in [7, 11) is 0. The lowest BCUT2D eigenvalue weighted by Crippen LogP contribution is -2.33. The van der Waals surface area contributed by atoms with Crippen LogP contribution in [0.15, 0.2) is 54.7 Å². The fourth-order valence-corrected chi connectivity index (χ4v) is 4.87. The van der Waals surface area contributed by atoms with E-state index in [1.807, 2.05) is 0 Å². The first kappa shape index (κ1) is 23.8. The predicted octanol–water partition coefficient (Wildman–Crippen LogP) is 4.21. The van der Waals surface area contributed by atoms with Gasteiger partial charge in [0.25, 0.3) is 0 Å². The summed E-state index contributed by atoms with van der Waals surface area (Å²) in [5.41, 5.74) is 2.75. The average molecular weight is 494 g/mol. The molecule has 1 aliphatic rings. The van der Waals surface area contributed by atoms with Gasteiger partial charge in [0.2, 0.25) is 0 Å². The molecule has 0 fully saturated rings. The molecule has 0 amide bonds. The van der Waals surface area contributed by atoms with E-state index >= 15 is 0 Å². The number of alkyl halides is 3. The van der Waals surface area contributed by atoms with Gasteiger partial charge in [0, 0.05) is 28.2 Å². The largest absolute Gasteiger partial charge is 0.755 e. The van der Waals surface area contributed by atoms with Crippen molar-refractivity contribution in [1.29, 1.82) is 0 Å². The quantitative estimate of drug-likeness (QED) is 0.493. The van der Waals surface area contributed by atoms with Crippen molar-refractivity contribution in [2.45, 2.75) is 38.2 Å². The second-order valence-corrected chi connectivity index (χ2v) is 8.50. The minimum Gasteiger partial charge on any atom is -0.755 e. The Morgan fingerprint density at radius 2 is 1.97 bits per heavy atom. The predicted molar refractivity (Wildman–Crippen MR) is 116 cm³/mol. The van der Waals surface area contributed by atoms with Crippen molar-refractivity contribution in [3.8, 4) is 16.9 Å². The molecule has 0 bridgehead atoms. The number of benzene rings is 2. The van der Waals surface area contributed by atoms with Crippen LogP contribution < -0.4 is 9.04 Å². The molecule has 1 heterocycles. The summed E-state index contributed by atoms with van der Waals surface area (Å²) in [6.07, 6.45) is -1.53. The van der Waals surface area contributed by atoms with E-state index in [0.717, 1.165) is 0 Å². The van der Waals surface area contributed by atoms with Crippen molar-refractivity contribution in [3.05, 3.63) is 66.0 Å². The van der Waals surface area contributed by atoms with Gasteiger partial charge in [-0.15, -0.1) is 13.2 Å². The van der Waals surface area contributed by atoms with Crippen LogP contribution in [0.1, 0.15) is 30.1 Å². The van der Waals surface area contributed by atoms with E-state index in [0.29, 0.717) is 47.3 Å². The zero-order valence-electron chi connectivity index (χ0n) is 17.6. The number of nitrogens with zero attached hydrogens (tertiary/aromatic N) is 3. The minimum atomic E-state index is -4.81. The van der Waals surface area contributed by atoms with Gasteiger partial charge in [0.05, 0.1) is 12.2 Å². The van der Waals surface area contributed by atoms with Crippen molar-refractivity contribution >= 4 is 22.9 Å². The highest BCUT2D eigenvalue weighted by molar-refractivity contribution is 7.80. The molecule has 2 atom stereocenters. The normalized spacial score (nSPS) is 16.5. The number of hydrogen-bond donors (Lipinski definition) is 1. The summed E-state index contributed by atoms with van der Waals surface area (Å²) in [5.74, 6) is -1.40. The van der Waals surface area contributed by atoms with Crippen molar-refractivity contribution < 1.29 is 36.6 Å². The van der Waals surface area contributed by atoms with E-state index in [4.69, 9.17) is 5.11 Å². The summed E-state index contributed by atoms with van der Waals surface area (Å²) >= 11 is -2.64. The molecular formula is C22H19F3N3O5S-. The third-order valence-electron chi connectivity index (χ3n) is 5.48. The fourth-order valence-electron chi connectivity index (χ4n) is 4.15. The first-order chi connectivity index (χ1) is 16.1. The molecule has 3 aromatic rings. The molecule has 2 aromatic carbocycles. The Bertz CT molecular complexity index is 1210. The molecule has 0 aliphatic heterocycles. The molecular weight excluding hydrogens is 475 g/mol. The topological polar surface area (TPSA) is 108 Å². The highest BCUT2D eigenvalue weighted by Gasteiger charge is 2.32. The Balaban J connectivity index is 1.62. The summed E-state index contributed by atoms with van der Waals surface area (Å²) in [6.45, 7) is -0.311. The Morgan fingerprint density at radius 3 is 2.62 bits per heavy atom. The number of rotatable bonds is 7. The maximum atomic E-state index is 12.5. The van der Waals surface area contributed by atoms with Crippen LogP contribution in [0.2, 0.25) is 0 Å². The number of anilines is 1. The van der Waals surface area contributed by atoms with Gasteiger partial charge < -0.3 is 14.4 Å². The number of carbonyl (C=O) groups is 1. The summed E-state index contributed by atoms with van der Waals surface area (Å²) in [5, 5.41) is 13.2. The summed E-state index contributed by atoms with van der Waals surface area (Å²) in [4.78, 5) is 11.1. The first-order valence-electron chi connectivity index (χ1n) is 10.2. The number of halogens is 3. The van der Waals surface area contributed by atoms with E-state index in [1.165, 1.54) is 33.4 Å². The second kappa shape index (κ2) is 9.47. The highest BCUT2D eigenvalue weighted by Crippen LogP contribution is 2.38. The van der Waals surface area contributed by atoms with E-state index < -0.39 is 29.6 Å². The van der Waals surface area contributed by atoms with Gasteiger partial charge >= 0.3 is 12.3 Å². The number of aromatic nitrogens is 2. The molecule has 0 spiro atoms. The van der Waals surface area contributed by atoms with Crippen molar-refractivity contribution in [2.24, 2.45) is 0 Å². The maximum absolute atomic E-state index is 12.5. The maximum Gasteiger partial charge on any atom is 0.573 e. The molecule has 180 valence electrons. The smallest absolute Gasteiger partial charge is 0.573 e. The van der Waals surface area contributed by atoms with Gasteiger partial charge in [-0.1, -0.05) is 24.3 Å². The molecule has 2 unspecified atom stereocenters. The molecule has 4 rings (SSSR count). The lowest BCUT2D eigenvalue weighted by Gasteiger charge is -2.37. The molecule has 0 saturated heterocycles. The van der Waals surface area contributed by atoms with Crippen LogP contribution in [-0.2, 0) is 29.0 Å². The number of carboxylic acid groups (broad SMARTS) is 1. The molecule has 0 radical (unpaired) electrons. The Hall–Kier alpha value is -3.38. The van der Waals surface area contributed by atoms with Gasteiger partial charge in [0.1, 0.15) is 12.3 Å². The van der Waals surface area contributed by atoms with E-state index in [2.05, 4.69) is 9.84 Å². The number of hydrogen-bond acceptors (Lipinski definition) is 5. The molecule has 1 N–H and O–H groups in total. The average Bonchev–Trinajstić information content (AvgIpc) is 3.16. The summed E-state index contributed by atoms with van der Waals surface area (Å²) in [6, 6.07) is 11.3. The fraction of sp³-hybridized carbons (Fsp3) is 0.273. The van der Waals surface area contributed by atoms with Gasteiger partial charge in [-0.25, -0.2) is 0 Å². The van der Waals surface area contributed by atoms with Crippen LogP contribution in [0.25, 0.3) is 11.1 Å². The molecule has 12 heteroatoms. The molecule has 1 aliphatic carbocycles. The second-order valence-electron chi connectivity index (χ2n) is 7.67. The van der Waals surface area contributed by atoms with Crippen molar-refractivity contribution in [3.63, 3.8) is 0 Å². The minimum absolute atomic E-state index is 0.311. The number of aliphatic carboxylic acids is 1. The molecule has 8 nitrogen and oxygen atoms in total. The lowest BCUT2D eigenvalue weighted by molar-refractivity contribution is -0.274. The molecule has 34 heavy (non-hydrogen) atoms. The van der Waals surface area contributed by atoms with Crippen molar-refractivity contribution in [1.82, 2.24) is 9.78 Å². The SMILES string of the molecule is O=C(O)Cn1ncc2c1CCCC2N(c1ccc(-c2cccc(OC(F)(F)F)c2)cc1)S(=O)[O-]. The third-order valence-corrected chi connectivity index (χ3v) is 6.27. The van der Waals surface area contributed by atoms with Crippen molar-refractivity contribution in [2.75, 3.05) is 4.31 Å². The number of carboxylic acids is 1. The Labute approximate surface area is 195 Å². The summed E-state index contributed by atoms with van der Waals surface area (Å²) < 4.78 is 68.5. The zero-order chi connectivity index (χ0) is 24.5. The van der Waals surface area contributed by atoms with Gasteiger partial charge in [-0.3, -0.25) is 18.0 Å². The lowest BCUT2D eigenvalue weighted by atomic mass is 9.92. The van der Waals surface area contributed by atoms with Gasteiger partial charge in [0.15, 0.2) is 0 Å². The standard InChI is InChI=1S/C22H20F3N3O5S/c23-22(24,25)33-17-4-1-3-15(11-17)14-7-9-16(10-8-14)28(34(31)32)20-6-2-5-19-18(20)12-26-27(19)13-21(29)30/h1,3-4,7-12,20H,2,5-6,13H2,(H,29,30)(H,31,32)/p-1. The van der Waals surface area contributed by atoms with E-state index in [1.54, 1.807) is 30.3 Å². The number of fused-ring (bicyclic) bond motifs is 1. The van der Waals surface area contributed by atoms with Crippen LogP contribution in [0.3, 0.4) is 0 Å². The molecule has 1 aromatic heterocycles.